The normalized spacial score (nSPS) is 15.1. The molecule has 9 nitrogen and oxygen atoms in total. The summed E-state index contributed by atoms with van der Waals surface area (Å²) >= 11 is 0. The van der Waals surface area contributed by atoms with Crippen molar-refractivity contribution < 1.29 is 9.59 Å². The summed E-state index contributed by atoms with van der Waals surface area (Å²) in [4.78, 5) is 37.4. The number of amides is 2. The van der Waals surface area contributed by atoms with Crippen LogP contribution in [0.1, 0.15) is 19.4 Å². The molecular weight excluding hydrogens is 418 g/mol. The Labute approximate surface area is 191 Å². The van der Waals surface area contributed by atoms with E-state index in [2.05, 4.69) is 20.5 Å². The second kappa shape index (κ2) is 7.70. The number of nitrogens with one attached hydrogen (secondary N) is 3. The Kier molecular flexibility index (Phi) is 4.93. The van der Waals surface area contributed by atoms with Gasteiger partial charge in [-0.3, -0.25) is 14.7 Å². The maximum Gasteiger partial charge on any atom is 0.240 e. The highest BCUT2D eigenvalue weighted by Crippen LogP contribution is 2.43. The molecule has 3 heterocycles. The van der Waals surface area contributed by atoms with Gasteiger partial charge in [-0.2, -0.15) is 5.10 Å². The molecule has 0 saturated carbocycles. The summed E-state index contributed by atoms with van der Waals surface area (Å²) in [5, 5.41) is 11.3. The number of rotatable bonds is 6. The molecule has 0 aliphatic carbocycles. The topological polar surface area (TPSA) is 110 Å². The molecule has 9 heteroatoms. The number of fused-ring (bicyclic) bond motifs is 3. The van der Waals surface area contributed by atoms with E-state index in [4.69, 9.17) is 4.98 Å². The van der Waals surface area contributed by atoms with E-state index in [9.17, 15) is 9.59 Å². The Morgan fingerprint density at radius 3 is 2.76 bits per heavy atom. The number of imidazole rings is 1. The number of hydrogen-bond donors (Lipinski definition) is 3. The third kappa shape index (κ3) is 3.54. The second-order valence-electron chi connectivity index (χ2n) is 9.26. The summed E-state index contributed by atoms with van der Waals surface area (Å²) in [7, 11) is 3.90. The van der Waals surface area contributed by atoms with Crippen LogP contribution in [-0.2, 0) is 15.0 Å². The van der Waals surface area contributed by atoms with Gasteiger partial charge in [-0.15, -0.1) is 0 Å². The molecule has 3 N–H and O–H groups in total. The van der Waals surface area contributed by atoms with Crippen LogP contribution in [0.4, 0.5) is 5.69 Å². The maximum absolute atomic E-state index is 13.2. The first-order valence-corrected chi connectivity index (χ1v) is 11.0. The number of carbonyl (C=O) groups excluding carboxylic acids is 2. The van der Waals surface area contributed by atoms with Gasteiger partial charge in [0.25, 0.3) is 0 Å². The summed E-state index contributed by atoms with van der Waals surface area (Å²) < 4.78 is 0. The largest absolute Gasteiger partial charge is 0.353 e. The fraction of sp³-hybridized carbons (Fsp3) is 0.333. The van der Waals surface area contributed by atoms with Crippen LogP contribution in [0.2, 0.25) is 0 Å². The van der Waals surface area contributed by atoms with Gasteiger partial charge in [0.1, 0.15) is 12.2 Å². The Balaban J connectivity index is 1.50. The number of likely N-dealkylation sites (N-methyl/N-ethyl adjacent to an activating group) is 1. The average molecular weight is 446 g/mol. The predicted molar refractivity (Wildman–Crippen MR) is 128 cm³/mol. The van der Waals surface area contributed by atoms with Crippen LogP contribution in [-0.4, -0.2) is 70.6 Å². The minimum Gasteiger partial charge on any atom is -0.353 e. The molecule has 5 rings (SSSR count). The molecule has 0 fully saturated rings. The quantitative estimate of drug-likeness (QED) is 0.422. The first-order chi connectivity index (χ1) is 15.8. The van der Waals surface area contributed by atoms with E-state index in [1.54, 1.807) is 4.90 Å². The third-order valence-corrected chi connectivity index (χ3v) is 6.22. The minimum absolute atomic E-state index is 0.0147. The van der Waals surface area contributed by atoms with Crippen molar-refractivity contribution in [1.82, 2.24) is 30.4 Å². The van der Waals surface area contributed by atoms with E-state index in [-0.39, 0.29) is 18.4 Å². The van der Waals surface area contributed by atoms with Gasteiger partial charge >= 0.3 is 0 Å². The SMILES string of the molecule is CN(C)CCNC(=O)CN1C(=O)C(C)(C)c2cc3nc(-c4n[nH]c5ccccc45)[nH]c3cc21. The van der Waals surface area contributed by atoms with E-state index in [1.807, 2.05) is 69.2 Å². The molecule has 1 aliphatic rings. The summed E-state index contributed by atoms with van der Waals surface area (Å²) in [6.07, 6.45) is 0. The van der Waals surface area contributed by atoms with Crippen molar-refractivity contribution in [2.75, 3.05) is 38.6 Å². The lowest BCUT2D eigenvalue weighted by Gasteiger charge is -2.20. The number of aromatic amines is 2. The van der Waals surface area contributed by atoms with Gasteiger partial charge in [-0.05, 0) is 51.7 Å². The van der Waals surface area contributed by atoms with Crippen molar-refractivity contribution in [3.8, 4) is 11.5 Å². The number of carbonyl (C=O) groups is 2. The molecule has 0 atom stereocenters. The van der Waals surface area contributed by atoms with Crippen LogP contribution < -0.4 is 10.2 Å². The Morgan fingerprint density at radius 1 is 1.18 bits per heavy atom. The zero-order valence-corrected chi connectivity index (χ0v) is 19.2. The molecule has 170 valence electrons. The van der Waals surface area contributed by atoms with Crippen molar-refractivity contribution in [3.05, 3.63) is 42.0 Å². The van der Waals surface area contributed by atoms with Crippen LogP contribution in [0, 0.1) is 0 Å². The zero-order valence-electron chi connectivity index (χ0n) is 19.2. The molecule has 2 amide bonds. The second-order valence-corrected chi connectivity index (χ2v) is 9.26. The lowest BCUT2D eigenvalue weighted by atomic mass is 9.86. The van der Waals surface area contributed by atoms with Crippen molar-refractivity contribution in [3.63, 3.8) is 0 Å². The lowest BCUT2D eigenvalue weighted by molar-refractivity contribution is -0.125. The molecular formula is C24H27N7O2. The first kappa shape index (κ1) is 21.1. The molecule has 1 aliphatic heterocycles. The summed E-state index contributed by atoms with van der Waals surface area (Å²) in [5.41, 5.74) is 4.09. The highest BCUT2D eigenvalue weighted by atomic mass is 16.2. The highest BCUT2D eigenvalue weighted by molar-refractivity contribution is 6.12. The van der Waals surface area contributed by atoms with Crippen LogP contribution in [0.15, 0.2) is 36.4 Å². The summed E-state index contributed by atoms with van der Waals surface area (Å²) in [6, 6.07) is 11.8. The van der Waals surface area contributed by atoms with Crippen LogP contribution in [0.25, 0.3) is 33.5 Å². The fourth-order valence-electron chi connectivity index (χ4n) is 4.36. The summed E-state index contributed by atoms with van der Waals surface area (Å²) in [6.45, 7) is 5.03. The number of benzene rings is 2. The Bertz CT molecular complexity index is 1380. The van der Waals surface area contributed by atoms with Gasteiger partial charge in [0.15, 0.2) is 5.82 Å². The number of H-pyrrole nitrogens is 2. The highest BCUT2D eigenvalue weighted by Gasteiger charge is 2.44. The van der Waals surface area contributed by atoms with Crippen molar-refractivity contribution in [2.45, 2.75) is 19.3 Å². The molecule has 33 heavy (non-hydrogen) atoms. The number of nitrogens with zero attached hydrogens (tertiary/aromatic N) is 4. The smallest absolute Gasteiger partial charge is 0.240 e. The molecule has 2 aromatic carbocycles. The lowest BCUT2D eigenvalue weighted by Crippen LogP contribution is -2.43. The zero-order chi connectivity index (χ0) is 23.3. The van der Waals surface area contributed by atoms with E-state index < -0.39 is 5.41 Å². The Morgan fingerprint density at radius 2 is 1.97 bits per heavy atom. The molecule has 4 aromatic rings. The fourth-order valence-corrected chi connectivity index (χ4v) is 4.36. The van der Waals surface area contributed by atoms with Gasteiger partial charge in [0, 0.05) is 18.5 Å². The van der Waals surface area contributed by atoms with Crippen molar-refractivity contribution in [1.29, 1.82) is 0 Å². The van der Waals surface area contributed by atoms with E-state index in [1.165, 1.54) is 0 Å². The van der Waals surface area contributed by atoms with E-state index >= 15 is 0 Å². The van der Waals surface area contributed by atoms with Gasteiger partial charge in [-0.1, -0.05) is 18.2 Å². The molecule has 0 spiro atoms. The molecule has 0 saturated heterocycles. The predicted octanol–water partition coefficient (Wildman–Crippen LogP) is 2.41. The van der Waals surface area contributed by atoms with Crippen LogP contribution in [0.3, 0.4) is 0 Å². The van der Waals surface area contributed by atoms with E-state index in [0.29, 0.717) is 12.4 Å². The van der Waals surface area contributed by atoms with Crippen molar-refractivity contribution in [2.24, 2.45) is 0 Å². The van der Waals surface area contributed by atoms with Crippen LogP contribution >= 0.6 is 0 Å². The van der Waals surface area contributed by atoms with Gasteiger partial charge < -0.3 is 20.1 Å². The number of aromatic nitrogens is 4. The first-order valence-electron chi connectivity index (χ1n) is 11.0. The third-order valence-electron chi connectivity index (χ3n) is 6.22. The molecule has 0 unspecified atom stereocenters. The average Bonchev–Trinajstić information content (AvgIpc) is 3.42. The van der Waals surface area contributed by atoms with E-state index in [0.717, 1.165) is 45.4 Å². The van der Waals surface area contributed by atoms with Crippen molar-refractivity contribution >= 4 is 39.4 Å². The van der Waals surface area contributed by atoms with Crippen LogP contribution in [0.5, 0.6) is 0 Å². The Hall–Kier alpha value is -3.72. The van der Waals surface area contributed by atoms with Gasteiger partial charge in [0.05, 0.1) is 27.7 Å². The monoisotopic (exact) mass is 445 g/mol. The standard InChI is InChI=1S/C24H27N7O2/c1-24(2)15-11-17-18(27-22(26-17)21-14-7-5-6-8-16(14)28-29-21)12-19(15)31(23(24)33)13-20(32)25-9-10-30(3)4/h5-8,11-12H,9-10,13H2,1-4H3,(H,25,32)(H,26,27)(H,28,29). The summed E-state index contributed by atoms with van der Waals surface area (Å²) in [5.74, 6) is 0.386. The molecule has 0 bridgehead atoms. The molecule has 2 aromatic heterocycles. The molecule has 0 radical (unpaired) electrons. The maximum atomic E-state index is 13.2. The van der Waals surface area contributed by atoms with Gasteiger partial charge in [-0.25, -0.2) is 4.98 Å². The van der Waals surface area contributed by atoms with Gasteiger partial charge in [0.2, 0.25) is 11.8 Å². The minimum atomic E-state index is -0.744. The number of hydrogen-bond acceptors (Lipinski definition) is 5. The number of anilines is 1. The number of para-hydroxylation sites is 1.